The van der Waals surface area contributed by atoms with Gasteiger partial charge in [0.2, 0.25) is 0 Å². The number of hydrogen-bond acceptors (Lipinski definition) is 2. The third kappa shape index (κ3) is 2.84. The van der Waals surface area contributed by atoms with Crippen LogP contribution in [0.25, 0.3) is 0 Å². The average Bonchev–Trinajstić information content (AvgIpc) is 2.85. The molecule has 2 rings (SSSR count). The molecule has 0 heterocycles. The molecule has 0 radical (unpaired) electrons. The van der Waals surface area contributed by atoms with Crippen LogP contribution in [0.2, 0.25) is 0 Å². The van der Waals surface area contributed by atoms with Gasteiger partial charge in [-0.05, 0) is 30.0 Å². The monoisotopic (exact) mass is 258 g/mol. The fraction of sp³-hybridized carbons (Fsp3) is 0.538. The first-order valence-corrected chi connectivity index (χ1v) is 6.22. The maximum atomic E-state index is 13.2. The van der Waals surface area contributed by atoms with Crippen LogP contribution in [0, 0.1) is 23.4 Å². The topological polar surface area (TPSA) is 38.0 Å². The van der Waals surface area contributed by atoms with Crippen LogP contribution in [0.4, 0.5) is 13.2 Å². The van der Waals surface area contributed by atoms with Crippen molar-refractivity contribution in [3.8, 4) is 0 Å². The van der Waals surface area contributed by atoms with Crippen LogP contribution in [-0.2, 0) is 0 Å². The van der Waals surface area contributed by atoms with Crippen molar-refractivity contribution >= 4 is 0 Å². The lowest BCUT2D eigenvalue weighted by Gasteiger charge is -2.20. The van der Waals surface area contributed by atoms with E-state index in [9.17, 15) is 13.2 Å². The molecule has 18 heavy (non-hydrogen) atoms. The number of nitrogens with one attached hydrogen (secondary N) is 1. The quantitative estimate of drug-likeness (QED) is 0.494. The Bertz CT molecular complexity index is 394. The molecule has 0 bridgehead atoms. The number of nitrogens with two attached hydrogens (primary N) is 1. The minimum absolute atomic E-state index is 0.335. The van der Waals surface area contributed by atoms with Gasteiger partial charge in [-0.15, -0.1) is 0 Å². The van der Waals surface area contributed by atoms with Gasteiger partial charge in [0.15, 0.2) is 17.5 Å². The Morgan fingerprint density at radius 3 is 2.22 bits per heavy atom. The summed E-state index contributed by atoms with van der Waals surface area (Å²) in [6.45, 7) is 0. The summed E-state index contributed by atoms with van der Waals surface area (Å²) in [5, 5.41) is 0. The molecule has 1 atom stereocenters. The van der Waals surface area contributed by atoms with Crippen molar-refractivity contribution in [2.75, 3.05) is 0 Å². The van der Waals surface area contributed by atoms with E-state index in [1.54, 1.807) is 0 Å². The molecule has 3 N–H and O–H groups in total. The van der Waals surface area contributed by atoms with Gasteiger partial charge < -0.3 is 0 Å². The molecule has 1 unspecified atom stereocenters. The molecule has 1 saturated carbocycles. The Kier molecular flexibility index (Phi) is 4.24. The Balaban J connectivity index is 2.16. The highest BCUT2D eigenvalue weighted by molar-refractivity contribution is 5.22. The van der Waals surface area contributed by atoms with Crippen molar-refractivity contribution in [1.29, 1.82) is 0 Å². The number of halogens is 3. The van der Waals surface area contributed by atoms with Crippen molar-refractivity contribution in [3.63, 3.8) is 0 Å². The minimum Gasteiger partial charge on any atom is -0.271 e. The lowest BCUT2D eigenvalue weighted by Crippen LogP contribution is -2.29. The van der Waals surface area contributed by atoms with Crippen molar-refractivity contribution in [2.45, 2.75) is 38.1 Å². The number of benzene rings is 1. The molecule has 5 heteroatoms. The van der Waals surface area contributed by atoms with E-state index in [0.29, 0.717) is 11.5 Å². The molecule has 0 amide bonds. The maximum absolute atomic E-state index is 13.2. The van der Waals surface area contributed by atoms with Crippen molar-refractivity contribution in [3.05, 3.63) is 35.1 Å². The van der Waals surface area contributed by atoms with E-state index in [2.05, 4.69) is 5.43 Å². The van der Waals surface area contributed by atoms with Crippen LogP contribution in [-0.4, -0.2) is 0 Å². The molecule has 0 saturated heterocycles. The molecule has 1 aromatic rings. The summed E-state index contributed by atoms with van der Waals surface area (Å²) >= 11 is 0. The van der Waals surface area contributed by atoms with E-state index in [1.807, 2.05) is 0 Å². The second-order valence-corrected chi connectivity index (χ2v) is 4.90. The largest absolute Gasteiger partial charge is 0.271 e. The fourth-order valence-electron chi connectivity index (χ4n) is 2.66. The first kappa shape index (κ1) is 13.4. The molecule has 1 fully saturated rings. The third-order valence-corrected chi connectivity index (χ3v) is 3.65. The highest BCUT2D eigenvalue weighted by Crippen LogP contribution is 2.33. The maximum Gasteiger partial charge on any atom is 0.194 e. The molecule has 1 aromatic carbocycles. The minimum atomic E-state index is -1.43. The van der Waals surface area contributed by atoms with E-state index in [0.717, 1.165) is 31.4 Å². The summed E-state index contributed by atoms with van der Waals surface area (Å²) in [5.41, 5.74) is 2.93. The van der Waals surface area contributed by atoms with Crippen LogP contribution in [0.1, 0.15) is 43.7 Å². The van der Waals surface area contributed by atoms with Crippen LogP contribution < -0.4 is 11.3 Å². The van der Waals surface area contributed by atoms with Gasteiger partial charge in [0, 0.05) is 6.04 Å². The summed E-state index contributed by atoms with van der Waals surface area (Å²) in [6.07, 6.45) is 5.33. The van der Waals surface area contributed by atoms with Crippen LogP contribution in [0.5, 0.6) is 0 Å². The zero-order chi connectivity index (χ0) is 13.1. The highest BCUT2D eigenvalue weighted by Gasteiger charge is 2.22. The number of hydrazine groups is 1. The molecule has 1 aliphatic rings. The van der Waals surface area contributed by atoms with E-state index in [1.165, 1.54) is 12.8 Å². The second-order valence-electron chi connectivity index (χ2n) is 4.90. The predicted molar refractivity (Wildman–Crippen MR) is 63.0 cm³/mol. The van der Waals surface area contributed by atoms with E-state index >= 15 is 0 Å². The second kappa shape index (κ2) is 5.71. The number of rotatable bonds is 4. The Morgan fingerprint density at radius 2 is 1.72 bits per heavy atom. The van der Waals surface area contributed by atoms with Crippen LogP contribution in [0.15, 0.2) is 12.1 Å². The van der Waals surface area contributed by atoms with Gasteiger partial charge in [-0.2, -0.15) is 0 Å². The Morgan fingerprint density at radius 1 is 1.17 bits per heavy atom. The Hall–Kier alpha value is -1.07. The van der Waals surface area contributed by atoms with Crippen molar-refractivity contribution < 1.29 is 13.2 Å². The zero-order valence-electron chi connectivity index (χ0n) is 10.1. The molecular weight excluding hydrogens is 241 g/mol. The summed E-state index contributed by atoms with van der Waals surface area (Å²) in [5.74, 6) is 2.17. The summed E-state index contributed by atoms with van der Waals surface area (Å²) in [7, 11) is 0. The predicted octanol–water partition coefficient (Wildman–Crippen LogP) is 3.19. The molecule has 0 aromatic heterocycles. The van der Waals surface area contributed by atoms with Crippen LogP contribution >= 0.6 is 0 Å². The van der Waals surface area contributed by atoms with Gasteiger partial charge in [-0.25, -0.2) is 13.2 Å². The summed E-state index contributed by atoms with van der Waals surface area (Å²) in [4.78, 5) is 0. The SMILES string of the molecule is NNC(CC1CCCC1)c1cc(F)c(F)c(F)c1. The normalized spacial score (nSPS) is 18.2. The lowest BCUT2D eigenvalue weighted by atomic mass is 9.94. The third-order valence-electron chi connectivity index (χ3n) is 3.65. The van der Waals surface area contributed by atoms with Crippen molar-refractivity contribution in [2.24, 2.45) is 11.8 Å². The van der Waals surface area contributed by atoms with Crippen molar-refractivity contribution in [1.82, 2.24) is 5.43 Å². The zero-order valence-corrected chi connectivity index (χ0v) is 10.1. The molecule has 2 nitrogen and oxygen atoms in total. The average molecular weight is 258 g/mol. The first-order chi connectivity index (χ1) is 8.61. The van der Waals surface area contributed by atoms with Gasteiger partial charge in [-0.1, -0.05) is 25.7 Å². The van der Waals surface area contributed by atoms with E-state index in [-0.39, 0.29) is 6.04 Å². The van der Waals surface area contributed by atoms with Gasteiger partial charge in [0.25, 0.3) is 0 Å². The molecule has 0 spiro atoms. The van der Waals surface area contributed by atoms with Gasteiger partial charge >= 0.3 is 0 Å². The van der Waals surface area contributed by atoms with Crippen LogP contribution in [0.3, 0.4) is 0 Å². The molecule has 100 valence electrons. The van der Waals surface area contributed by atoms with E-state index < -0.39 is 17.5 Å². The standard InChI is InChI=1S/C13H17F3N2/c14-10-6-9(7-11(15)13(10)16)12(18-17)5-8-3-1-2-4-8/h6-8,12,18H,1-5,17H2. The molecular formula is C13H17F3N2. The molecule has 1 aliphatic carbocycles. The summed E-state index contributed by atoms with van der Waals surface area (Å²) < 4.78 is 39.2. The lowest BCUT2D eigenvalue weighted by molar-refractivity contribution is 0.392. The number of hydrogen-bond donors (Lipinski definition) is 2. The molecule has 0 aliphatic heterocycles. The summed E-state index contributed by atoms with van der Waals surface area (Å²) in [6, 6.07) is 1.69. The van der Waals surface area contributed by atoms with E-state index in [4.69, 9.17) is 5.84 Å². The van der Waals surface area contributed by atoms with Gasteiger partial charge in [-0.3, -0.25) is 11.3 Å². The van der Waals surface area contributed by atoms with Gasteiger partial charge in [0.1, 0.15) is 0 Å². The smallest absolute Gasteiger partial charge is 0.194 e. The fourth-order valence-corrected chi connectivity index (χ4v) is 2.66. The van der Waals surface area contributed by atoms with Gasteiger partial charge in [0.05, 0.1) is 0 Å². The Labute approximate surface area is 104 Å². The highest BCUT2D eigenvalue weighted by atomic mass is 19.2. The first-order valence-electron chi connectivity index (χ1n) is 6.22.